The van der Waals surface area contributed by atoms with Gasteiger partial charge in [0, 0.05) is 6.54 Å². The molecule has 7 N–H and O–H groups in total. The van der Waals surface area contributed by atoms with E-state index in [2.05, 4.69) is 10.0 Å². The van der Waals surface area contributed by atoms with E-state index in [-0.39, 0.29) is 23.0 Å². The first-order valence-corrected chi connectivity index (χ1v) is 11.0. The number of esters is 2. The van der Waals surface area contributed by atoms with Gasteiger partial charge in [-0.2, -0.15) is 4.72 Å². The summed E-state index contributed by atoms with van der Waals surface area (Å²) in [7, 11) is -3.91. The van der Waals surface area contributed by atoms with Crippen molar-refractivity contribution in [3.8, 4) is 0 Å². The molecule has 12 heteroatoms. The van der Waals surface area contributed by atoms with Gasteiger partial charge in [-0.1, -0.05) is 30.3 Å². The van der Waals surface area contributed by atoms with Crippen LogP contribution in [0.5, 0.6) is 0 Å². The SMILES string of the molecule is N=C(N)NCCOCc1ccc(C(=O)OC(=O)C[C@@H](N)NS(=O)(=O)c2ccccc2)cc1. The molecule has 11 nitrogen and oxygen atoms in total. The number of nitrogens with two attached hydrogens (primary N) is 2. The van der Waals surface area contributed by atoms with Crippen molar-refractivity contribution in [1.29, 1.82) is 5.41 Å². The Morgan fingerprint density at radius 1 is 1.06 bits per heavy atom. The van der Waals surface area contributed by atoms with Gasteiger partial charge in [0.25, 0.3) is 0 Å². The maximum absolute atomic E-state index is 12.2. The fraction of sp³-hybridized carbons (Fsp3) is 0.250. The van der Waals surface area contributed by atoms with Gasteiger partial charge in [0.2, 0.25) is 10.0 Å². The quantitative estimate of drug-likeness (QED) is 0.0764. The zero-order valence-electron chi connectivity index (χ0n) is 17.1. The second kappa shape index (κ2) is 11.9. The van der Waals surface area contributed by atoms with E-state index in [1.54, 1.807) is 30.3 Å². The first-order chi connectivity index (χ1) is 15.2. The van der Waals surface area contributed by atoms with Crippen LogP contribution in [0, 0.1) is 5.41 Å². The second-order valence-electron chi connectivity index (χ2n) is 6.60. The van der Waals surface area contributed by atoms with Crippen molar-refractivity contribution >= 4 is 27.9 Å². The monoisotopic (exact) mass is 463 g/mol. The Labute approximate surface area is 185 Å². The third-order valence-electron chi connectivity index (χ3n) is 3.97. The third kappa shape index (κ3) is 8.43. The summed E-state index contributed by atoms with van der Waals surface area (Å²) in [5.41, 5.74) is 11.8. The lowest BCUT2D eigenvalue weighted by Gasteiger charge is -2.13. The van der Waals surface area contributed by atoms with Crippen LogP contribution in [0.3, 0.4) is 0 Å². The molecule has 172 valence electrons. The van der Waals surface area contributed by atoms with Crippen molar-refractivity contribution in [2.24, 2.45) is 11.5 Å². The summed E-state index contributed by atoms with van der Waals surface area (Å²) in [6.45, 7) is 1.02. The Morgan fingerprint density at radius 2 is 1.72 bits per heavy atom. The Bertz CT molecular complexity index is 1030. The molecule has 32 heavy (non-hydrogen) atoms. The molecule has 0 saturated carbocycles. The minimum atomic E-state index is -3.91. The fourth-order valence-corrected chi connectivity index (χ4v) is 3.61. The molecule has 2 aromatic rings. The van der Waals surface area contributed by atoms with Crippen LogP contribution in [0.2, 0.25) is 0 Å². The number of carbonyl (C=O) groups excluding carboxylic acids is 2. The second-order valence-corrected chi connectivity index (χ2v) is 8.31. The van der Waals surface area contributed by atoms with Gasteiger partial charge in [0.15, 0.2) is 5.96 Å². The molecular weight excluding hydrogens is 438 g/mol. The van der Waals surface area contributed by atoms with Gasteiger partial charge >= 0.3 is 11.9 Å². The molecule has 2 rings (SSSR count). The molecule has 2 aromatic carbocycles. The van der Waals surface area contributed by atoms with Crippen molar-refractivity contribution < 1.29 is 27.5 Å². The molecule has 1 atom stereocenters. The standard InChI is InChI=1S/C20H25N5O6S/c21-17(25-32(28,29)16-4-2-1-3-5-16)12-18(26)31-19(27)15-8-6-14(7-9-15)13-30-11-10-24-20(22)23/h1-9,17,25H,10-13,21H2,(H4,22,23,24)/t17-/m0/s1. The molecule has 0 aromatic heterocycles. The average molecular weight is 464 g/mol. The summed E-state index contributed by atoms with van der Waals surface area (Å²) in [6.07, 6.45) is -1.80. The summed E-state index contributed by atoms with van der Waals surface area (Å²) in [5.74, 6) is -1.99. The van der Waals surface area contributed by atoms with Crippen LogP contribution in [0.1, 0.15) is 22.3 Å². The maximum Gasteiger partial charge on any atom is 0.345 e. The molecule has 0 radical (unpaired) electrons. The minimum Gasteiger partial charge on any atom is -0.389 e. The van der Waals surface area contributed by atoms with E-state index in [9.17, 15) is 18.0 Å². The van der Waals surface area contributed by atoms with E-state index in [4.69, 9.17) is 26.4 Å². The highest BCUT2D eigenvalue weighted by Crippen LogP contribution is 2.10. The smallest absolute Gasteiger partial charge is 0.345 e. The van der Waals surface area contributed by atoms with Crippen molar-refractivity contribution in [3.63, 3.8) is 0 Å². The lowest BCUT2D eigenvalue weighted by molar-refractivity contribution is -0.138. The van der Waals surface area contributed by atoms with Crippen molar-refractivity contribution in [2.45, 2.75) is 24.1 Å². The fourth-order valence-electron chi connectivity index (χ4n) is 2.48. The Hall–Kier alpha value is -3.32. The number of sulfonamides is 1. The summed E-state index contributed by atoms with van der Waals surface area (Å²) in [6, 6.07) is 13.8. The number of rotatable bonds is 11. The molecule has 0 saturated heterocycles. The normalized spacial score (nSPS) is 12.0. The number of hydrogen-bond acceptors (Lipinski definition) is 8. The summed E-state index contributed by atoms with van der Waals surface area (Å²) in [5, 5.41) is 9.63. The first-order valence-electron chi connectivity index (χ1n) is 9.50. The van der Waals surface area contributed by atoms with E-state index in [0.717, 1.165) is 5.56 Å². The van der Waals surface area contributed by atoms with E-state index < -0.39 is 34.5 Å². The van der Waals surface area contributed by atoms with Crippen molar-refractivity contribution in [2.75, 3.05) is 13.2 Å². The summed E-state index contributed by atoms with van der Waals surface area (Å²) < 4.78 is 36.7. The van der Waals surface area contributed by atoms with Crippen molar-refractivity contribution in [1.82, 2.24) is 10.0 Å². The van der Waals surface area contributed by atoms with Crippen LogP contribution >= 0.6 is 0 Å². The zero-order chi connectivity index (χ0) is 23.6. The van der Waals surface area contributed by atoms with E-state index >= 15 is 0 Å². The Morgan fingerprint density at radius 3 is 2.34 bits per heavy atom. The maximum atomic E-state index is 12.2. The number of benzene rings is 2. The average Bonchev–Trinajstić information content (AvgIpc) is 2.73. The molecule has 0 unspecified atom stereocenters. The predicted octanol–water partition coefficient (Wildman–Crippen LogP) is 0.0231. The van der Waals surface area contributed by atoms with Gasteiger partial charge in [-0.25, -0.2) is 13.2 Å². The number of carbonyl (C=O) groups is 2. The first kappa shape index (κ1) is 24.9. The highest BCUT2D eigenvalue weighted by Gasteiger charge is 2.21. The molecular formula is C20H25N5O6S. The molecule has 0 bridgehead atoms. The van der Waals surface area contributed by atoms with E-state index in [1.165, 1.54) is 24.3 Å². The lowest BCUT2D eigenvalue weighted by Crippen LogP contribution is -2.43. The van der Waals surface area contributed by atoms with E-state index in [0.29, 0.717) is 13.2 Å². The number of hydrogen-bond donors (Lipinski definition) is 5. The highest BCUT2D eigenvalue weighted by molar-refractivity contribution is 7.89. The summed E-state index contributed by atoms with van der Waals surface area (Å²) >= 11 is 0. The summed E-state index contributed by atoms with van der Waals surface area (Å²) in [4.78, 5) is 24.1. The Balaban J connectivity index is 1.79. The van der Waals surface area contributed by atoms with Gasteiger partial charge in [0.05, 0.1) is 36.3 Å². The molecule has 0 aliphatic rings. The number of nitrogens with one attached hydrogen (secondary N) is 3. The van der Waals surface area contributed by atoms with Crippen LogP contribution < -0.4 is 21.5 Å². The third-order valence-corrected chi connectivity index (χ3v) is 5.48. The highest BCUT2D eigenvalue weighted by atomic mass is 32.2. The van der Waals surface area contributed by atoms with Gasteiger partial charge in [-0.15, -0.1) is 0 Å². The zero-order valence-corrected chi connectivity index (χ0v) is 17.9. The molecule has 0 fully saturated rings. The molecule has 0 aliphatic heterocycles. The molecule has 0 heterocycles. The minimum absolute atomic E-state index is 0.000853. The van der Waals surface area contributed by atoms with Crippen LogP contribution in [-0.4, -0.2) is 45.6 Å². The number of ether oxygens (including phenoxy) is 2. The number of guanidine groups is 1. The molecule has 0 spiro atoms. The molecule has 0 aliphatic carbocycles. The Kier molecular flexibility index (Phi) is 9.28. The van der Waals surface area contributed by atoms with Gasteiger partial charge in [-0.05, 0) is 29.8 Å². The molecule has 0 amide bonds. The van der Waals surface area contributed by atoms with Gasteiger partial charge in [-0.3, -0.25) is 10.2 Å². The van der Waals surface area contributed by atoms with Crippen molar-refractivity contribution in [3.05, 3.63) is 65.7 Å². The lowest BCUT2D eigenvalue weighted by atomic mass is 10.1. The predicted molar refractivity (Wildman–Crippen MR) is 116 cm³/mol. The largest absolute Gasteiger partial charge is 0.389 e. The van der Waals surface area contributed by atoms with Crippen LogP contribution in [0.15, 0.2) is 59.5 Å². The van der Waals surface area contributed by atoms with Crippen LogP contribution in [0.4, 0.5) is 0 Å². The van der Waals surface area contributed by atoms with E-state index in [1.807, 2.05) is 0 Å². The van der Waals surface area contributed by atoms with Crippen LogP contribution in [0.25, 0.3) is 0 Å². The topological polar surface area (TPSA) is 187 Å². The van der Waals surface area contributed by atoms with Gasteiger partial charge in [0.1, 0.15) is 0 Å². The van der Waals surface area contributed by atoms with Crippen LogP contribution in [-0.2, 0) is 30.9 Å². The van der Waals surface area contributed by atoms with Gasteiger partial charge < -0.3 is 26.3 Å².